The molecule has 0 radical (unpaired) electrons. The zero-order valence-corrected chi connectivity index (χ0v) is 15.1. The number of nitrogens with one attached hydrogen (secondary N) is 1. The number of aromatic nitrogens is 2. The van der Waals surface area contributed by atoms with Gasteiger partial charge in [-0.3, -0.25) is 9.97 Å². The fourth-order valence-corrected chi connectivity index (χ4v) is 3.03. The van der Waals surface area contributed by atoms with E-state index in [2.05, 4.69) is 9.97 Å². The van der Waals surface area contributed by atoms with Crippen molar-refractivity contribution in [1.82, 2.24) is 9.97 Å². The minimum absolute atomic E-state index is 0. The Morgan fingerprint density at radius 2 is 1.85 bits per heavy atom. The number of hydrogen-bond donors (Lipinski definition) is 1. The molecule has 0 saturated heterocycles. The fraction of sp³-hybridized carbons (Fsp3) is 0.158. The van der Waals surface area contributed by atoms with Crippen LogP contribution in [0.5, 0.6) is 11.5 Å². The molecule has 7 heteroatoms. The van der Waals surface area contributed by atoms with Crippen molar-refractivity contribution in [3.8, 4) is 11.5 Å². The van der Waals surface area contributed by atoms with Crippen LogP contribution in [-0.2, 0) is 6.42 Å². The summed E-state index contributed by atoms with van der Waals surface area (Å²) in [6, 6.07) is 9.54. The van der Waals surface area contributed by atoms with Gasteiger partial charge < -0.3 is 13.9 Å². The number of rotatable bonds is 4. The Morgan fingerprint density at radius 1 is 1.08 bits per heavy atom. The highest BCUT2D eigenvalue weighted by molar-refractivity contribution is 5.88. The van der Waals surface area contributed by atoms with Gasteiger partial charge in [-0.05, 0) is 47.2 Å². The van der Waals surface area contributed by atoms with Gasteiger partial charge in [0.05, 0.1) is 19.7 Å². The van der Waals surface area contributed by atoms with Gasteiger partial charge in [0.25, 0.3) is 0 Å². The van der Waals surface area contributed by atoms with Crippen molar-refractivity contribution in [2.45, 2.75) is 6.42 Å². The Labute approximate surface area is 155 Å². The lowest BCUT2D eigenvalue weighted by atomic mass is 10.00. The number of nitrogens with zero attached hydrogens (tertiary/aromatic N) is 1. The third-order valence-corrected chi connectivity index (χ3v) is 4.22. The molecular weight excluding hydrogens is 356 g/mol. The second-order valence-electron chi connectivity index (χ2n) is 5.75. The summed E-state index contributed by atoms with van der Waals surface area (Å²) in [5.74, 6) is 0.902. The van der Waals surface area contributed by atoms with E-state index in [1.54, 1.807) is 26.5 Å². The van der Waals surface area contributed by atoms with Crippen LogP contribution in [0.25, 0.3) is 21.9 Å². The average Bonchev–Trinajstić information content (AvgIpc) is 3.00. The van der Waals surface area contributed by atoms with E-state index in [1.807, 2.05) is 30.5 Å². The van der Waals surface area contributed by atoms with Gasteiger partial charge in [0, 0.05) is 17.8 Å². The van der Waals surface area contributed by atoms with E-state index in [4.69, 9.17) is 13.9 Å². The molecule has 0 unspecified atom stereocenters. The van der Waals surface area contributed by atoms with Crippen molar-refractivity contribution in [2.24, 2.45) is 0 Å². The van der Waals surface area contributed by atoms with Crippen molar-refractivity contribution in [3.63, 3.8) is 0 Å². The molecule has 6 nitrogen and oxygen atoms in total. The number of hydrogen-bond acceptors (Lipinski definition) is 5. The Bertz CT molecular complexity index is 1130. The first-order valence-corrected chi connectivity index (χ1v) is 7.78. The number of ether oxygens (including phenoxy) is 2. The molecule has 0 amide bonds. The third kappa shape index (κ3) is 3.11. The molecule has 4 rings (SSSR count). The van der Waals surface area contributed by atoms with Crippen LogP contribution in [-0.4, -0.2) is 24.2 Å². The van der Waals surface area contributed by atoms with E-state index in [-0.39, 0.29) is 12.4 Å². The summed E-state index contributed by atoms with van der Waals surface area (Å²) >= 11 is 0. The van der Waals surface area contributed by atoms with Gasteiger partial charge in [-0.2, -0.15) is 0 Å². The van der Waals surface area contributed by atoms with Crippen LogP contribution < -0.4 is 15.2 Å². The van der Waals surface area contributed by atoms with E-state index < -0.39 is 5.76 Å². The minimum atomic E-state index is -0.448. The number of benzene rings is 2. The first-order valence-electron chi connectivity index (χ1n) is 7.78. The van der Waals surface area contributed by atoms with Crippen LogP contribution in [0.2, 0.25) is 0 Å². The van der Waals surface area contributed by atoms with Crippen LogP contribution in [0.4, 0.5) is 0 Å². The van der Waals surface area contributed by atoms with Crippen molar-refractivity contribution in [1.29, 1.82) is 0 Å². The molecule has 2 aromatic heterocycles. The summed E-state index contributed by atoms with van der Waals surface area (Å²) in [6.45, 7) is 0. The van der Waals surface area contributed by atoms with E-state index in [1.165, 1.54) is 0 Å². The average molecular weight is 373 g/mol. The Balaban J connectivity index is 0.00000196. The lowest BCUT2D eigenvalue weighted by molar-refractivity contribution is 0.356. The predicted octanol–water partition coefficient (Wildman–Crippen LogP) is 3.70. The number of aromatic amines is 1. The topological polar surface area (TPSA) is 77.4 Å². The summed E-state index contributed by atoms with van der Waals surface area (Å²) in [4.78, 5) is 18.3. The van der Waals surface area contributed by atoms with Crippen LogP contribution in [0.3, 0.4) is 0 Å². The zero-order valence-electron chi connectivity index (χ0n) is 14.2. The maximum absolute atomic E-state index is 11.3. The molecule has 0 aliphatic carbocycles. The van der Waals surface area contributed by atoms with Crippen LogP contribution >= 0.6 is 12.4 Å². The van der Waals surface area contributed by atoms with E-state index in [9.17, 15) is 4.79 Å². The summed E-state index contributed by atoms with van der Waals surface area (Å²) in [7, 11) is 3.23. The highest BCUT2D eigenvalue weighted by Gasteiger charge is 2.10. The molecule has 2 aromatic carbocycles. The maximum atomic E-state index is 11.3. The number of pyridine rings is 1. The Hall–Kier alpha value is -2.99. The molecule has 0 aliphatic heterocycles. The summed E-state index contributed by atoms with van der Waals surface area (Å²) < 4.78 is 15.8. The molecule has 0 spiro atoms. The fourth-order valence-electron chi connectivity index (χ4n) is 3.03. The molecule has 0 bridgehead atoms. The molecular formula is C19H17ClN2O4. The summed E-state index contributed by atoms with van der Waals surface area (Å²) in [6.07, 6.45) is 4.32. The highest BCUT2D eigenvalue weighted by Crippen LogP contribution is 2.33. The molecule has 4 aromatic rings. The van der Waals surface area contributed by atoms with Gasteiger partial charge in [-0.15, -0.1) is 12.4 Å². The number of methoxy groups -OCH3 is 2. The number of H-pyrrole nitrogens is 1. The van der Waals surface area contributed by atoms with Gasteiger partial charge in [0.2, 0.25) is 0 Å². The standard InChI is InChI=1S/C19H16N2O4.ClH/c1-23-17-7-13-10-20-9-12(14(13)8-18(17)24-2)5-11-3-4-16-15(6-11)21-19(22)25-16;/h3-4,6-10H,5H2,1-2H3,(H,21,22);1H. The second-order valence-corrected chi connectivity index (χ2v) is 5.75. The predicted molar refractivity (Wildman–Crippen MR) is 102 cm³/mol. The smallest absolute Gasteiger partial charge is 0.417 e. The lowest BCUT2D eigenvalue weighted by Crippen LogP contribution is -1.95. The van der Waals surface area contributed by atoms with E-state index >= 15 is 0 Å². The van der Waals surface area contributed by atoms with Crippen LogP contribution in [0, 0.1) is 0 Å². The normalized spacial score (nSPS) is 10.7. The molecule has 2 heterocycles. The molecule has 1 N–H and O–H groups in total. The van der Waals surface area contributed by atoms with Gasteiger partial charge in [-0.1, -0.05) is 6.07 Å². The summed E-state index contributed by atoms with van der Waals surface area (Å²) in [5.41, 5.74) is 3.35. The molecule has 26 heavy (non-hydrogen) atoms. The third-order valence-electron chi connectivity index (χ3n) is 4.22. The molecule has 0 fully saturated rings. The molecule has 134 valence electrons. The maximum Gasteiger partial charge on any atom is 0.417 e. The molecule has 0 saturated carbocycles. The SMILES string of the molecule is COc1cc2cncc(Cc3ccc4oc(=O)[nH]c4c3)c2cc1OC.Cl. The van der Waals surface area contributed by atoms with E-state index in [0.29, 0.717) is 29.0 Å². The molecule has 0 atom stereocenters. The first kappa shape index (κ1) is 17.8. The van der Waals surface area contributed by atoms with Gasteiger partial charge in [0.1, 0.15) is 0 Å². The minimum Gasteiger partial charge on any atom is -0.493 e. The quantitative estimate of drug-likeness (QED) is 0.591. The van der Waals surface area contributed by atoms with Crippen molar-refractivity contribution in [3.05, 3.63) is 64.4 Å². The largest absolute Gasteiger partial charge is 0.493 e. The number of oxazole rings is 1. The zero-order chi connectivity index (χ0) is 17.4. The van der Waals surface area contributed by atoms with Crippen LogP contribution in [0.1, 0.15) is 11.1 Å². The van der Waals surface area contributed by atoms with Crippen molar-refractivity contribution >= 4 is 34.3 Å². The number of fused-ring (bicyclic) bond motifs is 2. The monoisotopic (exact) mass is 372 g/mol. The Kier molecular flexibility index (Phi) is 4.86. The van der Waals surface area contributed by atoms with Crippen LogP contribution in [0.15, 0.2) is 51.9 Å². The van der Waals surface area contributed by atoms with Crippen molar-refractivity contribution in [2.75, 3.05) is 14.2 Å². The molecule has 0 aliphatic rings. The summed E-state index contributed by atoms with van der Waals surface area (Å²) in [5, 5.41) is 2.03. The van der Waals surface area contributed by atoms with Gasteiger partial charge in [0.15, 0.2) is 17.1 Å². The Morgan fingerprint density at radius 3 is 2.62 bits per heavy atom. The van der Waals surface area contributed by atoms with Gasteiger partial charge >= 0.3 is 5.76 Å². The van der Waals surface area contributed by atoms with Gasteiger partial charge in [-0.25, -0.2) is 4.79 Å². The highest BCUT2D eigenvalue weighted by atomic mass is 35.5. The second kappa shape index (κ2) is 7.09. The number of halogens is 1. The lowest BCUT2D eigenvalue weighted by Gasteiger charge is -2.11. The first-order chi connectivity index (χ1) is 12.2. The van der Waals surface area contributed by atoms with E-state index in [0.717, 1.165) is 21.9 Å². The van der Waals surface area contributed by atoms with Crippen molar-refractivity contribution < 1.29 is 13.9 Å².